The normalized spacial score (nSPS) is 16.0. The zero-order valence-corrected chi connectivity index (χ0v) is 18.6. The van der Waals surface area contributed by atoms with Gasteiger partial charge < -0.3 is 14.2 Å². The molecule has 164 valence electrons. The van der Waals surface area contributed by atoms with E-state index in [-0.39, 0.29) is 0 Å². The van der Waals surface area contributed by atoms with Crippen LogP contribution in [0.2, 0.25) is 0 Å². The second-order valence-corrected chi connectivity index (χ2v) is 8.90. The summed E-state index contributed by atoms with van der Waals surface area (Å²) in [7, 11) is 0. The number of pyridine rings is 1. The molecule has 0 saturated carbocycles. The first kappa shape index (κ1) is 19.9. The van der Waals surface area contributed by atoms with Crippen molar-refractivity contribution in [1.29, 1.82) is 5.26 Å². The van der Waals surface area contributed by atoms with Gasteiger partial charge in [0, 0.05) is 43.3 Å². The predicted octanol–water partition coefficient (Wildman–Crippen LogP) is 5.57. The summed E-state index contributed by atoms with van der Waals surface area (Å²) in [5.74, 6) is 1.93. The fourth-order valence-corrected chi connectivity index (χ4v) is 5.35. The lowest BCUT2D eigenvalue weighted by Crippen LogP contribution is -2.47. The van der Waals surface area contributed by atoms with Crippen molar-refractivity contribution in [2.75, 3.05) is 36.0 Å². The molecule has 1 aliphatic carbocycles. The van der Waals surface area contributed by atoms with Crippen LogP contribution in [0.25, 0.3) is 22.3 Å². The number of rotatable bonds is 3. The van der Waals surface area contributed by atoms with Crippen LogP contribution in [0.1, 0.15) is 29.5 Å². The second-order valence-electron chi connectivity index (χ2n) is 8.90. The Morgan fingerprint density at radius 2 is 1.61 bits per heavy atom. The number of nitriles is 1. The number of anilines is 2. The lowest BCUT2D eigenvalue weighted by Gasteiger charge is -2.38. The van der Waals surface area contributed by atoms with Crippen molar-refractivity contribution < 1.29 is 4.42 Å². The van der Waals surface area contributed by atoms with Gasteiger partial charge in [-0.05, 0) is 67.1 Å². The Morgan fingerprint density at radius 3 is 2.36 bits per heavy atom. The van der Waals surface area contributed by atoms with Gasteiger partial charge in [0.25, 0.3) is 0 Å². The Bertz CT molecular complexity index is 1310. The Kier molecular flexibility index (Phi) is 4.99. The average Bonchev–Trinajstić information content (AvgIpc) is 3.32. The van der Waals surface area contributed by atoms with Gasteiger partial charge in [0.05, 0.1) is 11.3 Å². The maximum atomic E-state index is 10.2. The number of benzene rings is 2. The highest BCUT2D eigenvalue weighted by molar-refractivity contribution is 5.85. The van der Waals surface area contributed by atoms with E-state index in [0.29, 0.717) is 0 Å². The number of furan rings is 1. The minimum absolute atomic E-state index is 0.857. The molecule has 33 heavy (non-hydrogen) atoms. The maximum absolute atomic E-state index is 10.2. The molecule has 2 aromatic heterocycles. The van der Waals surface area contributed by atoms with Gasteiger partial charge in [-0.1, -0.05) is 24.3 Å². The quantitative estimate of drug-likeness (QED) is 0.422. The van der Waals surface area contributed by atoms with E-state index < -0.39 is 0 Å². The number of hydrogen-bond donors (Lipinski definition) is 0. The SMILES string of the molecule is N#Cc1c(N2CCN(c3ccccn3)CC2)cc(-c2cc3ccccc3o2)c2c1CCCC2. The molecule has 0 N–H and O–H groups in total. The van der Waals surface area contributed by atoms with Crippen LogP contribution >= 0.6 is 0 Å². The van der Waals surface area contributed by atoms with Crippen molar-refractivity contribution in [3.8, 4) is 17.4 Å². The number of aromatic nitrogens is 1. The van der Waals surface area contributed by atoms with Gasteiger partial charge in [-0.25, -0.2) is 4.98 Å². The summed E-state index contributed by atoms with van der Waals surface area (Å²) in [4.78, 5) is 9.20. The van der Waals surface area contributed by atoms with E-state index in [0.717, 1.165) is 91.2 Å². The zero-order valence-electron chi connectivity index (χ0n) is 18.6. The van der Waals surface area contributed by atoms with Gasteiger partial charge in [0.15, 0.2) is 0 Å². The van der Waals surface area contributed by atoms with Crippen LogP contribution in [-0.4, -0.2) is 31.2 Å². The number of nitrogens with zero attached hydrogens (tertiary/aromatic N) is 4. The lowest BCUT2D eigenvalue weighted by atomic mass is 9.83. The van der Waals surface area contributed by atoms with Crippen LogP contribution in [0, 0.1) is 11.3 Å². The van der Waals surface area contributed by atoms with Crippen molar-refractivity contribution in [3.05, 3.63) is 77.5 Å². The van der Waals surface area contributed by atoms with Gasteiger partial charge in [0.2, 0.25) is 0 Å². The van der Waals surface area contributed by atoms with Crippen LogP contribution in [0.15, 0.2) is 65.2 Å². The van der Waals surface area contributed by atoms with E-state index in [1.165, 1.54) is 11.1 Å². The molecule has 2 aliphatic rings. The molecule has 0 atom stereocenters. The predicted molar refractivity (Wildman–Crippen MR) is 132 cm³/mol. The summed E-state index contributed by atoms with van der Waals surface area (Å²) in [6, 6.07) is 21.2. The van der Waals surface area contributed by atoms with Crippen molar-refractivity contribution in [2.24, 2.45) is 0 Å². The fourth-order valence-electron chi connectivity index (χ4n) is 5.35. The summed E-state index contributed by atoms with van der Waals surface area (Å²) in [6.45, 7) is 3.51. The first-order chi connectivity index (χ1) is 16.3. The molecule has 0 spiro atoms. The standard InChI is InChI=1S/C28H26N4O/c29-19-24-22-9-3-2-8-21(22)23(27-17-20-7-1-4-10-26(20)33-27)18-25(24)31-13-15-32(16-14-31)28-11-5-6-12-30-28/h1,4-7,10-12,17-18H,2-3,8-9,13-16H2. The highest BCUT2D eigenvalue weighted by Gasteiger charge is 2.27. The Morgan fingerprint density at radius 1 is 0.848 bits per heavy atom. The maximum Gasteiger partial charge on any atom is 0.135 e. The van der Waals surface area contributed by atoms with Crippen LogP contribution < -0.4 is 9.80 Å². The molecule has 0 bridgehead atoms. The van der Waals surface area contributed by atoms with Gasteiger partial charge >= 0.3 is 0 Å². The summed E-state index contributed by atoms with van der Waals surface area (Å²) in [5.41, 5.74) is 6.50. The average molecular weight is 435 g/mol. The molecule has 1 saturated heterocycles. The largest absolute Gasteiger partial charge is 0.456 e. The van der Waals surface area contributed by atoms with Crippen molar-refractivity contribution in [3.63, 3.8) is 0 Å². The number of para-hydroxylation sites is 1. The van der Waals surface area contributed by atoms with Gasteiger partial charge in [-0.2, -0.15) is 5.26 Å². The first-order valence-electron chi connectivity index (χ1n) is 11.8. The van der Waals surface area contributed by atoms with Crippen molar-refractivity contribution >= 4 is 22.5 Å². The summed E-state index contributed by atoms with van der Waals surface area (Å²) < 4.78 is 6.29. The first-order valence-corrected chi connectivity index (χ1v) is 11.8. The Labute approximate surface area is 193 Å². The van der Waals surface area contributed by atoms with Crippen molar-refractivity contribution in [2.45, 2.75) is 25.7 Å². The fraction of sp³-hybridized carbons (Fsp3) is 0.286. The van der Waals surface area contributed by atoms with Gasteiger partial charge in [-0.3, -0.25) is 0 Å². The van der Waals surface area contributed by atoms with Crippen LogP contribution in [-0.2, 0) is 12.8 Å². The molecule has 5 heteroatoms. The third kappa shape index (κ3) is 3.52. The summed E-state index contributed by atoms with van der Waals surface area (Å²) in [6.07, 6.45) is 6.11. The van der Waals surface area contributed by atoms with Gasteiger partial charge in [0.1, 0.15) is 23.2 Å². The molecule has 3 heterocycles. The molecular weight excluding hydrogens is 408 g/mol. The van der Waals surface area contributed by atoms with E-state index in [1.54, 1.807) is 0 Å². The molecule has 1 fully saturated rings. The summed E-state index contributed by atoms with van der Waals surface area (Å²) in [5, 5.41) is 11.3. The number of fused-ring (bicyclic) bond motifs is 2. The zero-order chi connectivity index (χ0) is 22.2. The third-order valence-electron chi connectivity index (χ3n) is 7.03. The molecular formula is C28H26N4O. The molecule has 6 rings (SSSR count). The molecule has 5 nitrogen and oxygen atoms in total. The summed E-state index contributed by atoms with van der Waals surface area (Å²) >= 11 is 0. The Hall–Kier alpha value is -3.78. The highest BCUT2D eigenvalue weighted by Crippen LogP contribution is 2.41. The minimum Gasteiger partial charge on any atom is -0.456 e. The number of piperazine rings is 1. The van der Waals surface area contributed by atoms with Crippen molar-refractivity contribution in [1.82, 2.24) is 4.98 Å². The highest BCUT2D eigenvalue weighted by atomic mass is 16.3. The molecule has 0 unspecified atom stereocenters. The third-order valence-corrected chi connectivity index (χ3v) is 7.03. The monoisotopic (exact) mass is 434 g/mol. The molecule has 0 radical (unpaired) electrons. The van der Waals surface area contributed by atoms with E-state index in [1.807, 2.05) is 36.5 Å². The van der Waals surface area contributed by atoms with E-state index in [2.05, 4.69) is 45.1 Å². The van der Waals surface area contributed by atoms with E-state index in [9.17, 15) is 5.26 Å². The molecule has 0 amide bonds. The molecule has 4 aromatic rings. The lowest BCUT2D eigenvalue weighted by molar-refractivity contribution is 0.624. The Balaban J connectivity index is 1.40. The topological polar surface area (TPSA) is 56.3 Å². The van der Waals surface area contributed by atoms with Crippen LogP contribution in [0.5, 0.6) is 0 Å². The van der Waals surface area contributed by atoms with Gasteiger partial charge in [-0.15, -0.1) is 0 Å². The molecule has 2 aromatic carbocycles. The number of hydrogen-bond acceptors (Lipinski definition) is 5. The van der Waals surface area contributed by atoms with E-state index in [4.69, 9.17) is 4.42 Å². The van der Waals surface area contributed by atoms with Crippen LogP contribution in [0.4, 0.5) is 11.5 Å². The second kappa shape index (κ2) is 8.29. The van der Waals surface area contributed by atoms with E-state index >= 15 is 0 Å². The smallest absolute Gasteiger partial charge is 0.135 e. The molecule has 1 aliphatic heterocycles. The van der Waals surface area contributed by atoms with Crippen LogP contribution in [0.3, 0.4) is 0 Å². The minimum atomic E-state index is 0.857.